The molecular formula is C12H17NOS. The molecule has 0 unspecified atom stereocenters. The van der Waals surface area contributed by atoms with Crippen LogP contribution in [0.1, 0.15) is 38.5 Å². The Hall–Kier alpha value is -0.440. The van der Waals surface area contributed by atoms with Crippen LogP contribution in [0.4, 0.5) is 0 Å². The van der Waals surface area contributed by atoms with E-state index in [9.17, 15) is 4.79 Å². The van der Waals surface area contributed by atoms with Crippen molar-refractivity contribution in [3.8, 4) is 0 Å². The first-order valence-corrected chi connectivity index (χ1v) is 6.43. The van der Waals surface area contributed by atoms with Crippen molar-refractivity contribution in [1.82, 2.24) is 5.32 Å². The summed E-state index contributed by atoms with van der Waals surface area (Å²) in [6, 6.07) is 0. The van der Waals surface area contributed by atoms with E-state index in [0.29, 0.717) is 0 Å². The molecule has 1 amide bonds. The summed E-state index contributed by atoms with van der Waals surface area (Å²) in [6.45, 7) is 0. The molecule has 0 heterocycles. The van der Waals surface area contributed by atoms with Gasteiger partial charge in [0.1, 0.15) is 0 Å². The molecule has 0 aromatic heterocycles. The molecule has 0 spiro atoms. The first-order chi connectivity index (χ1) is 7.22. The van der Waals surface area contributed by atoms with Gasteiger partial charge in [-0.2, -0.15) is 0 Å². The van der Waals surface area contributed by atoms with E-state index >= 15 is 0 Å². The highest BCUT2D eigenvalue weighted by Gasteiger charge is 2.54. The van der Waals surface area contributed by atoms with Crippen molar-refractivity contribution < 1.29 is 4.79 Å². The molecule has 0 radical (unpaired) electrons. The van der Waals surface area contributed by atoms with Gasteiger partial charge in [-0.15, -0.1) is 0 Å². The zero-order valence-corrected chi connectivity index (χ0v) is 9.69. The van der Waals surface area contributed by atoms with Crippen molar-refractivity contribution >= 4 is 23.6 Å². The molecule has 4 aliphatic carbocycles. The smallest absolute Gasteiger partial charge is 0.230 e. The van der Waals surface area contributed by atoms with Crippen LogP contribution in [0.3, 0.4) is 0 Å². The Morgan fingerprint density at radius 3 is 2.00 bits per heavy atom. The van der Waals surface area contributed by atoms with Gasteiger partial charge < -0.3 is 5.32 Å². The number of nitrogens with one attached hydrogen (secondary N) is 1. The predicted molar refractivity (Wildman–Crippen MR) is 62.4 cm³/mol. The molecule has 2 nitrogen and oxygen atoms in total. The van der Waals surface area contributed by atoms with Crippen molar-refractivity contribution in [2.75, 3.05) is 0 Å². The molecule has 0 saturated heterocycles. The largest absolute Gasteiger partial charge is 0.323 e. The van der Waals surface area contributed by atoms with Crippen LogP contribution in [-0.2, 0) is 4.79 Å². The molecule has 0 aromatic carbocycles. The normalized spacial score (nSPS) is 46.5. The monoisotopic (exact) mass is 223 g/mol. The average Bonchev–Trinajstić information content (AvgIpc) is 2.15. The zero-order chi connectivity index (χ0) is 10.5. The summed E-state index contributed by atoms with van der Waals surface area (Å²) in [5.74, 6) is 2.68. The Morgan fingerprint density at radius 1 is 1.13 bits per heavy atom. The minimum atomic E-state index is -0.0376. The van der Waals surface area contributed by atoms with Gasteiger partial charge in [0.2, 0.25) is 5.91 Å². The fourth-order valence-corrected chi connectivity index (χ4v) is 4.70. The van der Waals surface area contributed by atoms with E-state index in [-0.39, 0.29) is 11.3 Å². The van der Waals surface area contributed by atoms with E-state index in [1.54, 1.807) is 0 Å². The van der Waals surface area contributed by atoms with Crippen molar-refractivity contribution in [2.24, 2.45) is 23.2 Å². The van der Waals surface area contributed by atoms with Gasteiger partial charge in [0.25, 0.3) is 0 Å². The minimum Gasteiger partial charge on any atom is -0.323 e. The fraction of sp³-hybridized carbons (Fsp3) is 0.833. The summed E-state index contributed by atoms with van der Waals surface area (Å²) in [4.78, 5) is 12.1. The Labute approximate surface area is 95.8 Å². The summed E-state index contributed by atoms with van der Waals surface area (Å²) >= 11 is 4.73. The van der Waals surface area contributed by atoms with Crippen LogP contribution >= 0.6 is 12.2 Å². The molecule has 4 saturated carbocycles. The SMILES string of the molecule is O=C(NC=S)C12CC3CC(CC(C3)C1)C2. The number of rotatable bonds is 2. The van der Waals surface area contributed by atoms with Crippen LogP contribution in [0.5, 0.6) is 0 Å². The maximum absolute atomic E-state index is 12.1. The van der Waals surface area contributed by atoms with Crippen LogP contribution in [0.15, 0.2) is 0 Å². The minimum absolute atomic E-state index is 0.0376. The first-order valence-electron chi connectivity index (χ1n) is 5.96. The number of amides is 1. The molecule has 4 fully saturated rings. The van der Waals surface area contributed by atoms with Gasteiger partial charge in [0.05, 0.1) is 10.9 Å². The van der Waals surface area contributed by atoms with E-state index in [2.05, 4.69) is 5.32 Å². The van der Waals surface area contributed by atoms with Gasteiger partial charge in [0.15, 0.2) is 0 Å². The van der Waals surface area contributed by atoms with Crippen molar-refractivity contribution in [2.45, 2.75) is 38.5 Å². The quantitative estimate of drug-likeness (QED) is 0.728. The molecule has 0 aliphatic heterocycles. The second kappa shape index (κ2) is 3.27. The Balaban J connectivity index is 1.86. The number of hydrogen-bond acceptors (Lipinski definition) is 2. The van der Waals surface area contributed by atoms with Gasteiger partial charge in [-0.05, 0) is 56.3 Å². The van der Waals surface area contributed by atoms with E-state index < -0.39 is 0 Å². The lowest BCUT2D eigenvalue weighted by Crippen LogP contribution is -2.53. The molecule has 4 bridgehead atoms. The third-order valence-corrected chi connectivity index (χ3v) is 4.83. The summed E-state index contributed by atoms with van der Waals surface area (Å²) in [5, 5.41) is 2.75. The molecule has 1 N–H and O–H groups in total. The van der Waals surface area contributed by atoms with Gasteiger partial charge in [-0.1, -0.05) is 12.2 Å². The number of carbonyl (C=O) groups is 1. The van der Waals surface area contributed by atoms with Crippen LogP contribution < -0.4 is 5.32 Å². The Bertz CT molecular complexity index is 277. The topological polar surface area (TPSA) is 29.1 Å². The highest BCUT2D eigenvalue weighted by molar-refractivity contribution is 7.78. The molecular weight excluding hydrogens is 206 g/mol. The molecule has 4 aliphatic rings. The lowest BCUT2D eigenvalue weighted by molar-refractivity contribution is -0.144. The van der Waals surface area contributed by atoms with Gasteiger partial charge in [-0.3, -0.25) is 4.79 Å². The number of carbonyl (C=O) groups excluding carboxylic acids is 1. The lowest BCUT2D eigenvalue weighted by atomic mass is 9.49. The van der Waals surface area contributed by atoms with Crippen LogP contribution in [-0.4, -0.2) is 11.4 Å². The zero-order valence-electron chi connectivity index (χ0n) is 8.87. The predicted octanol–water partition coefficient (Wildman–Crippen LogP) is 2.28. The molecule has 4 rings (SSSR count). The summed E-state index contributed by atoms with van der Waals surface area (Å²) in [7, 11) is 0. The Kier molecular flexibility index (Phi) is 2.13. The summed E-state index contributed by atoms with van der Waals surface area (Å²) < 4.78 is 0. The van der Waals surface area contributed by atoms with Crippen molar-refractivity contribution in [3.63, 3.8) is 0 Å². The Morgan fingerprint density at radius 2 is 1.60 bits per heavy atom. The molecule has 3 heteroatoms. The maximum Gasteiger partial charge on any atom is 0.230 e. The highest BCUT2D eigenvalue weighted by Crippen LogP contribution is 2.59. The van der Waals surface area contributed by atoms with E-state index in [1.807, 2.05) is 0 Å². The van der Waals surface area contributed by atoms with Crippen molar-refractivity contribution in [3.05, 3.63) is 0 Å². The van der Waals surface area contributed by atoms with E-state index in [1.165, 1.54) is 24.8 Å². The second-order valence-corrected chi connectivity index (χ2v) is 6.02. The molecule has 82 valence electrons. The van der Waals surface area contributed by atoms with Gasteiger partial charge in [0, 0.05) is 0 Å². The van der Waals surface area contributed by atoms with E-state index in [0.717, 1.165) is 37.0 Å². The van der Waals surface area contributed by atoms with Crippen LogP contribution in [0, 0.1) is 23.2 Å². The fourth-order valence-electron chi connectivity index (χ4n) is 4.60. The standard InChI is InChI=1S/C12H17NOS/c14-11(13-7-15)12-4-8-1-9(5-12)3-10(2-8)6-12/h7-10H,1-6H2,(H,13,14,15). The molecule has 15 heavy (non-hydrogen) atoms. The van der Waals surface area contributed by atoms with Gasteiger partial charge in [-0.25, -0.2) is 0 Å². The first kappa shape index (κ1) is 9.76. The molecule has 0 aromatic rings. The second-order valence-electron chi connectivity index (χ2n) is 5.79. The number of thiocarbonyl (C=S) groups is 1. The average molecular weight is 223 g/mol. The summed E-state index contributed by atoms with van der Waals surface area (Å²) in [6.07, 6.45) is 7.49. The maximum atomic E-state index is 12.1. The summed E-state index contributed by atoms with van der Waals surface area (Å²) in [5.41, 5.74) is 1.34. The third kappa shape index (κ3) is 1.43. The third-order valence-electron chi connectivity index (χ3n) is 4.71. The van der Waals surface area contributed by atoms with Gasteiger partial charge >= 0.3 is 0 Å². The number of hydrogen-bond donors (Lipinski definition) is 1. The van der Waals surface area contributed by atoms with Crippen LogP contribution in [0.2, 0.25) is 0 Å². The van der Waals surface area contributed by atoms with Crippen LogP contribution in [0.25, 0.3) is 0 Å². The van der Waals surface area contributed by atoms with Crippen molar-refractivity contribution in [1.29, 1.82) is 0 Å². The highest BCUT2D eigenvalue weighted by atomic mass is 32.1. The van der Waals surface area contributed by atoms with E-state index in [4.69, 9.17) is 12.2 Å². The molecule has 0 atom stereocenters. The lowest BCUT2D eigenvalue weighted by Gasteiger charge is -2.55.